The zero-order chi connectivity index (χ0) is 19.5. The largest absolute Gasteiger partial charge is 0.497 e. The Morgan fingerprint density at radius 2 is 1.92 bits per heavy atom. The number of alkyl halides is 3. The maximum atomic E-state index is 13.2. The van der Waals surface area contributed by atoms with Crippen molar-refractivity contribution in [1.29, 1.82) is 0 Å². The lowest BCUT2D eigenvalue weighted by Gasteiger charge is -2.27. The Hall–Kier alpha value is -2.25. The van der Waals surface area contributed by atoms with Gasteiger partial charge in [-0.3, -0.25) is 9.59 Å². The van der Waals surface area contributed by atoms with Crippen molar-refractivity contribution in [2.45, 2.75) is 38.3 Å². The molecule has 0 saturated carbocycles. The number of rotatable bonds is 6. The van der Waals surface area contributed by atoms with E-state index in [0.717, 1.165) is 10.5 Å². The molecule has 0 spiro atoms. The van der Waals surface area contributed by atoms with Crippen LogP contribution in [-0.2, 0) is 9.59 Å². The maximum absolute atomic E-state index is 13.2. The van der Waals surface area contributed by atoms with Crippen molar-refractivity contribution in [1.82, 2.24) is 4.90 Å². The molecule has 144 valence electrons. The van der Waals surface area contributed by atoms with Crippen LogP contribution in [0.3, 0.4) is 0 Å². The van der Waals surface area contributed by atoms with Crippen molar-refractivity contribution >= 4 is 11.9 Å². The first-order valence-electron chi connectivity index (χ1n) is 8.36. The number of nitrogens with zero attached hydrogens (tertiary/aromatic N) is 1. The summed E-state index contributed by atoms with van der Waals surface area (Å²) in [5.74, 6) is -1.87. The Morgan fingerprint density at radius 1 is 1.31 bits per heavy atom. The molecule has 2 atom stereocenters. The summed E-state index contributed by atoms with van der Waals surface area (Å²) in [5.41, 5.74) is -1.98. The van der Waals surface area contributed by atoms with Gasteiger partial charge in [-0.25, -0.2) is 0 Å². The second kappa shape index (κ2) is 7.55. The van der Waals surface area contributed by atoms with Gasteiger partial charge in [-0.1, -0.05) is 19.1 Å². The van der Waals surface area contributed by atoms with E-state index in [1.807, 2.05) is 19.1 Å². The van der Waals surface area contributed by atoms with Gasteiger partial charge in [0.25, 0.3) is 0 Å². The number of halogens is 3. The van der Waals surface area contributed by atoms with Gasteiger partial charge in [0.05, 0.1) is 7.11 Å². The van der Waals surface area contributed by atoms with Crippen LogP contribution < -0.4 is 4.74 Å². The van der Waals surface area contributed by atoms with Gasteiger partial charge in [-0.15, -0.1) is 0 Å². The third-order valence-corrected chi connectivity index (χ3v) is 5.08. The lowest BCUT2D eigenvalue weighted by Crippen LogP contribution is -2.47. The number of hydrogen-bond acceptors (Lipinski definition) is 3. The molecule has 1 N–H and O–H groups in total. The third-order valence-electron chi connectivity index (χ3n) is 5.08. The molecular weight excluding hydrogens is 351 g/mol. The Bertz CT molecular complexity index is 659. The molecule has 1 aliphatic heterocycles. The molecule has 1 amide bonds. The first-order valence-corrected chi connectivity index (χ1v) is 8.36. The quantitative estimate of drug-likeness (QED) is 0.830. The van der Waals surface area contributed by atoms with E-state index in [1.54, 1.807) is 19.2 Å². The summed E-state index contributed by atoms with van der Waals surface area (Å²) in [6.07, 6.45) is -4.84. The Balaban J connectivity index is 2.10. The van der Waals surface area contributed by atoms with Crippen LogP contribution in [0.25, 0.3) is 0 Å². The van der Waals surface area contributed by atoms with Crippen molar-refractivity contribution in [3.05, 3.63) is 29.8 Å². The molecule has 2 unspecified atom stereocenters. The van der Waals surface area contributed by atoms with E-state index in [2.05, 4.69) is 0 Å². The number of carbonyl (C=O) groups excluding carboxylic acids is 1. The van der Waals surface area contributed by atoms with E-state index >= 15 is 0 Å². The fraction of sp³-hybridized carbons (Fsp3) is 0.556. The highest BCUT2D eigenvalue weighted by Crippen LogP contribution is 2.46. The minimum atomic E-state index is -4.89. The van der Waals surface area contributed by atoms with Crippen molar-refractivity contribution in [2.75, 3.05) is 20.2 Å². The van der Waals surface area contributed by atoms with Gasteiger partial charge >= 0.3 is 12.1 Å². The summed E-state index contributed by atoms with van der Waals surface area (Å²) < 4.78 is 44.8. The molecule has 8 heteroatoms. The molecule has 1 aromatic carbocycles. The normalized spacial score (nSPS) is 21.5. The van der Waals surface area contributed by atoms with E-state index in [-0.39, 0.29) is 18.9 Å². The van der Waals surface area contributed by atoms with Gasteiger partial charge in [-0.2, -0.15) is 13.2 Å². The lowest BCUT2D eigenvalue weighted by atomic mass is 9.86. The smallest absolute Gasteiger partial charge is 0.406 e. The minimum absolute atomic E-state index is 0.0381. The molecule has 0 aliphatic carbocycles. The highest BCUT2D eigenvalue weighted by molar-refractivity contribution is 5.81. The molecule has 1 fully saturated rings. The molecule has 5 nitrogen and oxygen atoms in total. The van der Waals surface area contributed by atoms with Crippen LogP contribution in [0.15, 0.2) is 24.3 Å². The van der Waals surface area contributed by atoms with Crippen LogP contribution in [0.1, 0.15) is 37.7 Å². The molecular formula is C18H22F3NO4. The second-order valence-corrected chi connectivity index (χ2v) is 6.53. The van der Waals surface area contributed by atoms with Gasteiger partial charge in [0.1, 0.15) is 5.75 Å². The number of ether oxygens (including phenoxy) is 1. The summed E-state index contributed by atoms with van der Waals surface area (Å²) in [6.45, 7) is 0.858. The van der Waals surface area contributed by atoms with E-state index < -0.39 is 36.4 Å². The zero-order valence-corrected chi connectivity index (χ0v) is 14.7. The number of amides is 1. The average molecular weight is 373 g/mol. The van der Waals surface area contributed by atoms with Crippen LogP contribution in [0.2, 0.25) is 0 Å². The van der Waals surface area contributed by atoms with Gasteiger partial charge in [0.15, 0.2) is 5.41 Å². The Kier molecular flexibility index (Phi) is 5.83. The molecule has 0 radical (unpaired) electrons. The van der Waals surface area contributed by atoms with Crippen molar-refractivity contribution in [2.24, 2.45) is 5.41 Å². The maximum Gasteiger partial charge on any atom is 0.406 e. The molecule has 1 heterocycles. The number of benzene rings is 1. The Labute approximate surface area is 149 Å². The summed E-state index contributed by atoms with van der Waals surface area (Å²) >= 11 is 0. The SMILES string of the molecule is CCC(CC(=O)N1CCC(C(=O)O)(C(F)(F)F)C1)c1ccc(OC)cc1. The number of methoxy groups -OCH3 is 1. The molecule has 1 aliphatic rings. The van der Waals surface area contributed by atoms with Crippen LogP contribution in [-0.4, -0.2) is 48.3 Å². The van der Waals surface area contributed by atoms with Crippen molar-refractivity contribution in [3.63, 3.8) is 0 Å². The number of aliphatic carboxylic acids is 1. The first-order chi connectivity index (χ1) is 12.1. The zero-order valence-electron chi connectivity index (χ0n) is 14.7. The molecule has 0 aromatic heterocycles. The third kappa shape index (κ3) is 3.78. The molecule has 1 saturated heterocycles. The van der Waals surface area contributed by atoms with E-state index in [0.29, 0.717) is 12.2 Å². The fourth-order valence-corrected chi connectivity index (χ4v) is 3.26. The molecule has 2 rings (SSSR count). The summed E-state index contributed by atoms with van der Waals surface area (Å²) in [5, 5.41) is 9.08. The molecule has 1 aromatic rings. The van der Waals surface area contributed by atoms with Crippen LogP contribution in [0.5, 0.6) is 5.75 Å². The second-order valence-electron chi connectivity index (χ2n) is 6.53. The lowest BCUT2D eigenvalue weighted by molar-refractivity contribution is -0.227. The number of hydrogen-bond donors (Lipinski definition) is 1. The predicted molar refractivity (Wildman–Crippen MR) is 88.0 cm³/mol. The van der Waals surface area contributed by atoms with E-state index in [1.165, 1.54) is 0 Å². The first kappa shape index (κ1) is 20.1. The summed E-state index contributed by atoms with van der Waals surface area (Å²) in [6, 6.07) is 7.16. The van der Waals surface area contributed by atoms with Gasteiger partial charge in [0, 0.05) is 19.5 Å². The average Bonchev–Trinajstić information content (AvgIpc) is 3.06. The number of carboxylic acids is 1. The van der Waals surface area contributed by atoms with Crippen LogP contribution in [0, 0.1) is 5.41 Å². The van der Waals surface area contributed by atoms with Gasteiger partial charge in [-0.05, 0) is 36.5 Å². The summed E-state index contributed by atoms with van der Waals surface area (Å²) in [4.78, 5) is 24.7. The number of carboxylic acid groups (broad SMARTS) is 1. The minimum Gasteiger partial charge on any atom is -0.497 e. The van der Waals surface area contributed by atoms with Crippen LogP contribution in [0.4, 0.5) is 13.2 Å². The van der Waals surface area contributed by atoms with E-state index in [4.69, 9.17) is 9.84 Å². The Morgan fingerprint density at radius 3 is 2.35 bits per heavy atom. The van der Waals surface area contributed by atoms with Crippen molar-refractivity contribution in [3.8, 4) is 5.75 Å². The number of carbonyl (C=O) groups is 2. The standard InChI is InChI=1S/C18H22F3NO4/c1-3-12(13-4-6-14(26-2)7-5-13)10-15(23)22-9-8-17(11-22,16(24)25)18(19,20)21/h4-7,12H,3,8-11H2,1-2H3,(H,24,25). The highest BCUT2D eigenvalue weighted by atomic mass is 19.4. The van der Waals surface area contributed by atoms with E-state index in [9.17, 15) is 22.8 Å². The van der Waals surface area contributed by atoms with Crippen LogP contribution >= 0.6 is 0 Å². The van der Waals surface area contributed by atoms with Gasteiger partial charge in [0.2, 0.25) is 5.91 Å². The number of likely N-dealkylation sites (tertiary alicyclic amines) is 1. The van der Waals surface area contributed by atoms with Gasteiger partial charge < -0.3 is 14.7 Å². The summed E-state index contributed by atoms with van der Waals surface area (Å²) in [7, 11) is 1.54. The molecule has 26 heavy (non-hydrogen) atoms. The fourth-order valence-electron chi connectivity index (χ4n) is 3.26. The van der Waals surface area contributed by atoms with Crippen molar-refractivity contribution < 1.29 is 32.6 Å². The molecule has 0 bridgehead atoms. The topological polar surface area (TPSA) is 66.8 Å². The predicted octanol–water partition coefficient (Wildman–Crippen LogP) is 3.44. The highest BCUT2D eigenvalue weighted by Gasteiger charge is 2.64. The monoisotopic (exact) mass is 373 g/mol.